The van der Waals surface area contributed by atoms with Gasteiger partial charge in [0.15, 0.2) is 11.7 Å². The molecule has 2 heterocycles. The van der Waals surface area contributed by atoms with Crippen LogP contribution in [-0.4, -0.2) is 47.3 Å². The summed E-state index contributed by atoms with van der Waals surface area (Å²) in [5.41, 5.74) is 13.5. The number of nitrogens with zero attached hydrogens (tertiary/aromatic N) is 3. The Balaban J connectivity index is 2.31. The van der Waals surface area contributed by atoms with Crippen LogP contribution in [0, 0.1) is 6.92 Å². The fourth-order valence-electron chi connectivity index (χ4n) is 3.01. The van der Waals surface area contributed by atoms with Crippen molar-refractivity contribution in [2.75, 3.05) is 20.1 Å². The van der Waals surface area contributed by atoms with Gasteiger partial charge in [0.2, 0.25) is 0 Å². The molecule has 120 valence electrons. The van der Waals surface area contributed by atoms with Gasteiger partial charge in [-0.3, -0.25) is 14.5 Å². The quantitative estimate of drug-likeness (QED) is 0.588. The lowest BCUT2D eigenvalue weighted by molar-refractivity contribution is 0.0936. The van der Waals surface area contributed by atoms with Gasteiger partial charge in [0.25, 0.3) is 5.91 Å². The molecular weight excluding hydrogens is 294 g/mol. The molecule has 0 saturated carbocycles. The van der Waals surface area contributed by atoms with Crippen LogP contribution in [0.5, 0.6) is 0 Å². The monoisotopic (exact) mass is 313 g/mol. The Bertz CT molecular complexity index is 846. The van der Waals surface area contributed by atoms with Crippen molar-refractivity contribution in [3.8, 4) is 0 Å². The lowest BCUT2D eigenvalue weighted by Gasteiger charge is -2.22. The summed E-state index contributed by atoms with van der Waals surface area (Å²) in [6.07, 6.45) is 0. The van der Waals surface area contributed by atoms with Gasteiger partial charge in [0, 0.05) is 24.0 Å². The zero-order valence-corrected chi connectivity index (χ0v) is 13.2. The Morgan fingerprint density at radius 2 is 2.00 bits per heavy atom. The van der Waals surface area contributed by atoms with E-state index in [1.165, 1.54) is 0 Å². The highest BCUT2D eigenvalue weighted by Gasteiger charge is 2.24. The number of carbonyl (C=O) groups excluding carboxylic acids is 2. The van der Waals surface area contributed by atoms with Crippen molar-refractivity contribution in [1.82, 2.24) is 9.47 Å². The summed E-state index contributed by atoms with van der Waals surface area (Å²) in [6, 6.07) is 5.49. The average molecular weight is 313 g/mol. The first-order valence-electron chi connectivity index (χ1n) is 7.37. The number of nitrogens with two attached hydrogens (primary N) is 2. The smallest absolute Gasteiger partial charge is 0.296 e. The van der Waals surface area contributed by atoms with Gasteiger partial charge in [-0.05, 0) is 31.7 Å². The summed E-state index contributed by atoms with van der Waals surface area (Å²) in [7, 11) is 1.88. The fourth-order valence-corrected chi connectivity index (χ4v) is 3.01. The minimum atomic E-state index is -0.498. The fraction of sp³-hybridized carbons (Fsp3) is 0.312. The van der Waals surface area contributed by atoms with Crippen LogP contribution < -0.4 is 11.5 Å². The van der Waals surface area contributed by atoms with Crippen LogP contribution in [0.3, 0.4) is 0 Å². The lowest BCUT2D eigenvalue weighted by atomic mass is 10.0. The summed E-state index contributed by atoms with van der Waals surface area (Å²) < 4.78 is 1.85. The Hall–Kier alpha value is -2.67. The molecule has 7 heteroatoms. The van der Waals surface area contributed by atoms with Crippen LogP contribution in [0.25, 0.3) is 10.9 Å². The van der Waals surface area contributed by atoms with Gasteiger partial charge < -0.3 is 16.0 Å². The molecule has 0 atom stereocenters. The number of hydrogen-bond acceptors (Lipinski definition) is 3. The molecule has 1 aromatic heterocycles. The third-order valence-corrected chi connectivity index (χ3v) is 4.15. The SMILES string of the molecule is Cc1ccc2c3c1cc(C(=O)N=C(N)N)n3CCN(C)CC2=O. The second kappa shape index (κ2) is 5.51. The maximum absolute atomic E-state index is 12.5. The molecule has 3 rings (SSSR count). The second-order valence-electron chi connectivity index (χ2n) is 5.88. The Morgan fingerprint density at radius 3 is 2.70 bits per heavy atom. The van der Waals surface area contributed by atoms with Crippen molar-refractivity contribution >= 4 is 28.6 Å². The number of rotatable bonds is 1. The second-order valence-corrected chi connectivity index (χ2v) is 5.88. The number of amides is 1. The molecular formula is C16H19N5O2. The predicted octanol–water partition coefficient (Wildman–Crippen LogP) is 0.491. The molecule has 0 unspecified atom stereocenters. The average Bonchev–Trinajstić information content (AvgIpc) is 2.83. The van der Waals surface area contributed by atoms with Crippen molar-refractivity contribution in [3.05, 3.63) is 35.0 Å². The molecule has 0 aliphatic carbocycles. The number of Topliss-reactive ketones (excluding diaryl/α,β-unsaturated/α-hetero) is 1. The summed E-state index contributed by atoms with van der Waals surface area (Å²) in [4.78, 5) is 30.4. The van der Waals surface area contributed by atoms with E-state index >= 15 is 0 Å². The Kier molecular flexibility index (Phi) is 3.65. The van der Waals surface area contributed by atoms with Crippen LogP contribution in [0.4, 0.5) is 0 Å². The molecule has 0 radical (unpaired) electrons. The van der Waals surface area contributed by atoms with Crippen molar-refractivity contribution in [3.63, 3.8) is 0 Å². The highest BCUT2D eigenvalue weighted by atomic mass is 16.1. The van der Waals surface area contributed by atoms with Crippen LogP contribution >= 0.6 is 0 Å². The summed E-state index contributed by atoms with van der Waals surface area (Å²) in [5.74, 6) is -0.733. The minimum Gasteiger partial charge on any atom is -0.370 e. The topological polar surface area (TPSA) is 107 Å². The molecule has 7 nitrogen and oxygen atoms in total. The van der Waals surface area contributed by atoms with E-state index in [1.807, 2.05) is 35.6 Å². The highest BCUT2D eigenvalue weighted by molar-refractivity contribution is 6.12. The highest BCUT2D eigenvalue weighted by Crippen LogP contribution is 2.29. The van der Waals surface area contributed by atoms with E-state index < -0.39 is 5.91 Å². The van der Waals surface area contributed by atoms with E-state index in [0.717, 1.165) is 16.5 Å². The van der Waals surface area contributed by atoms with Gasteiger partial charge in [0.05, 0.1) is 12.1 Å². The van der Waals surface area contributed by atoms with Crippen LogP contribution in [0.1, 0.15) is 26.4 Å². The van der Waals surface area contributed by atoms with Crippen molar-refractivity contribution in [2.45, 2.75) is 13.5 Å². The van der Waals surface area contributed by atoms with E-state index in [0.29, 0.717) is 30.9 Å². The Labute approximate surface area is 133 Å². The van der Waals surface area contributed by atoms with Crippen LogP contribution in [-0.2, 0) is 6.54 Å². The van der Waals surface area contributed by atoms with Gasteiger partial charge in [0.1, 0.15) is 5.69 Å². The standard InChI is InChI=1S/C16H19N5O2/c1-9-3-4-10-13(22)8-20(2)5-6-21-12(7-11(9)14(10)21)15(23)19-16(17)18/h3-4,7H,5-6,8H2,1-2H3,(H4,17,18,19,23). The summed E-state index contributed by atoms with van der Waals surface area (Å²) in [6.45, 7) is 3.56. The molecule has 2 aromatic rings. The Morgan fingerprint density at radius 1 is 1.26 bits per heavy atom. The molecule has 1 amide bonds. The van der Waals surface area contributed by atoms with Crippen molar-refractivity contribution < 1.29 is 9.59 Å². The number of likely N-dealkylation sites (N-methyl/N-ethyl adjacent to an activating group) is 1. The van der Waals surface area contributed by atoms with E-state index in [1.54, 1.807) is 6.07 Å². The number of aromatic nitrogens is 1. The first kappa shape index (κ1) is 15.2. The molecule has 1 aliphatic heterocycles. The number of benzene rings is 1. The van der Waals surface area contributed by atoms with E-state index in [4.69, 9.17) is 11.5 Å². The largest absolute Gasteiger partial charge is 0.370 e. The molecule has 0 saturated heterocycles. The van der Waals surface area contributed by atoms with Crippen molar-refractivity contribution in [2.24, 2.45) is 16.5 Å². The maximum atomic E-state index is 12.5. The molecule has 0 fully saturated rings. The van der Waals surface area contributed by atoms with Gasteiger partial charge in [-0.25, -0.2) is 0 Å². The zero-order valence-electron chi connectivity index (χ0n) is 13.2. The number of carbonyl (C=O) groups is 2. The molecule has 0 spiro atoms. The normalized spacial score (nSPS) is 15.3. The van der Waals surface area contributed by atoms with Gasteiger partial charge in [-0.1, -0.05) is 6.07 Å². The van der Waals surface area contributed by atoms with Crippen LogP contribution in [0.15, 0.2) is 23.2 Å². The first-order chi connectivity index (χ1) is 10.9. The van der Waals surface area contributed by atoms with Crippen molar-refractivity contribution in [1.29, 1.82) is 0 Å². The van der Waals surface area contributed by atoms with E-state index in [9.17, 15) is 9.59 Å². The third kappa shape index (κ3) is 2.59. The number of hydrogen-bond donors (Lipinski definition) is 2. The molecule has 23 heavy (non-hydrogen) atoms. The summed E-state index contributed by atoms with van der Waals surface area (Å²) >= 11 is 0. The number of ketones is 1. The van der Waals surface area contributed by atoms with E-state index in [-0.39, 0.29) is 11.7 Å². The number of aryl methyl sites for hydroxylation is 1. The van der Waals surface area contributed by atoms with E-state index in [2.05, 4.69) is 4.99 Å². The molecule has 0 bridgehead atoms. The first-order valence-corrected chi connectivity index (χ1v) is 7.37. The van der Waals surface area contributed by atoms with Gasteiger partial charge in [-0.15, -0.1) is 0 Å². The molecule has 4 N–H and O–H groups in total. The van der Waals surface area contributed by atoms with Crippen LogP contribution in [0.2, 0.25) is 0 Å². The number of aliphatic imine (C=N–C) groups is 1. The van der Waals surface area contributed by atoms with Gasteiger partial charge >= 0.3 is 0 Å². The van der Waals surface area contributed by atoms with Gasteiger partial charge in [-0.2, -0.15) is 4.99 Å². The molecule has 1 aliphatic rings. The zero-order chi connectivity index (χ0) is 16.7. The molecule has 1 aromatic carbocycles. The predicted molar refractivity (Wildman–Crippen MR) is 88.6 cm³/mol. The third-order valence-electron chi connectivity index (χ3n) is 4.15. The summed E-state index contributed by atoms with van der Waals surface area (Å²) in [5, 5.41) is 0.884. The lowest BCUT2D eigenvalue weighted by Crippen LogP contribution is -2.32. The minimum absolute atomic E-state index is 0.0392. The number of guanidine groups is 1. The maximum Gasteiger partial charge on any atom is 0.296 e.